The molecule has 1 aliphatic heterocycles. The Morgan fingerprint density at radius 2 is 1.79 bits per heavy atom. The first-order valence-corrected chi connectivity index (χ1v) is 9.72. The molecule has 1 amide bonds. The number of carbonyl (C=O) groups excluding carboxylic acids is 1. The minimum atomic E-state index is -0.0106. The predicted molar refractivity (Wildman–Crippen MR) is 101 cm³/mol. The molecule has 0 spiro atoms. The number of likely N-dealkylation sites (tertiary alicyclic amines) is 1. The molecule has 1 saturated heterocycles. The van der Waals surface area contributed by atoms with Crippen molar-refractivity contribution in [3.05, 3.63) is 35.9 Å². The normalized spacial score (nSPS) is 17.0. The van der Waals surface area contributed by atoms with Crippen molar-refractivity contribution >= 4 is 5.91 Å². The van der Waals surface area contributed by atoms with Gasteiger partial charge >= 0.3 is 0 Å². The van der Waals surface area contributed by atoms with Gasteiger partial charge in [0.25, 0.3) is 0 Å². The Hall–Kier alpha value is -1.35. The summed E-state index contributed by atoms with van der Waals surface area (Å²) in [6.45, 7) is 8.81. The molecular weight excluding hydrogens is 296 g/mol. The van der Waals surface area contributed by atoms with E-state index in [0.717, 1.165) is 37.9 Å². The monoisotopic (exact) mass is 330 g/mol. The summed E-state index contributed by atoms with van der Waals surface area (Å²) < 4.78 is 0. The van der Waals surface area contributed by atoms with Crippen LogP contribution < -0.4 is 5.32 Å². The molecule has 1 atom stereocenters. The number of nitrogens with one attached hydrogen (secondary N) is 1. The van der Waals surface area contributed by atoms with Gasteiger partial charge in [-0.2, -0.15) is 0 Å². The highest BCUT2D eigenvalue weighted by atomic mass is 16.1. The zero-order chi connectivity index (χ0) is 17.2. The van der Waals surface area contributed by atoms with Crippen LogP contribution in [0.5, 0.6) is 0 Å². The topological polar surface area (TPSA) is 32.3 Å². The lowest BCUT2D eigenvalue weighted by Crippen LogP contribution is -2.35. The molecule has 1 aromatic carbocycles. The van der Waals surface area contributed by atoms with E-state index < -0.39 is 0 Å². The van der Waals surface area contributed by atoms with E-state index in [-0.39, 0.29) is 11.8 Å². The first kappa shape index (κ1) is 19.0. The third-order valence-corrected chi connectivity index (χ3v) is 4.95. The van der Waals surface area contributed by atoms with Crippen LogP contribution in [0.1, 0.15) is 63.9 Å². The van der Waals surface area contributed by atoms with Crippen molar-refractivity contribution in [1.82, 2.24) is 10.2 Å². The average molecular weight is 331 g/mol. The van der Waals surface area contributed by atoms with Crippen molar-refractivity contribution < 1.29 is 4.79 Å². The zero-order valence-electron chi connectivity index (χ0n) is 15.5. The second-order valence-corrected chi connectivity index (χ2v) is 7.48. The van der Waals surface area contributed by atoms with Crippen LogP contribution in [0, 0.1) is 5.92 Å². The minimum absolute atomic E-state index is 0.0106. The van der Waals surface area contributed by atoms with Gasteiger partial charge < -0.3 is 10.2 Å². The summed E-state index contributed by atoms with van der Waals surface area (Å²) in [7, 11) is 0. The van der Waals surface area contributed by atoms with Crippen LogP contribution in [0.3, 0.4) is 0 Å². The number of benzene rings is 1. The molecule has 0 bridgehead atoms. The molecular formula is C21H34N2O. The zero-order valence-corrected chi connectivity index (χ0v) is 15.5. The maximum absolute atomic E-state index is 12.7. The molecule has 24 heavy (non-hydrogen) atoms. The van der Waals surface area contributed by atoms with Crippen molar-refractivity contribution in [1.29, 1.82) is 0 Å². The molecule has 1 aromatic rings. The SMILES string of the molecule is CC(C)CCC(C(=O)NCCCN1CCCCC1)c1ccccc1. The summed E-state index contributed by atoms with van der Waals surface area (Å²) in [6, 6.07) is 10.2. The summed E-state index contributed by atoms with van der Waals surface area (Å²) in [5.74, 6) is 0.812. The van der Waals surface area contributed by atoms with Gasteiger partial charge in [0.05, 0.1) is 5.92 Å². The van der Waals surface area contributed by atoms with Gasteiger partial charge in [-0.3, -0.25) is 4.79 Å². The highest BCUT2D eigenvalue weighted by Crippen LogP contribution is 2.23. The van der Waals surface area contributed by atoms with Crippen molar-refractivity contribution in [2.45, 2.75) is 58.3 Å². The minimum Gasteiger partial charge on any atom is -0.356 e. The van der Waals surface area contributed by atoms with Crippen molar-refractivity contribution in [3.8, 4) is 0 Å². The second-order valence-electron chi connectivity index (χ2n) is 7.48. The summed E-state index contributed by atoms with van der Waals surface area (Å²) in [6.07, 6.45) is 7.11. The highest BCUT2D eigenvalue weighted by Gasteiger charge is 2.20. The molecule has 1 heterocycles. The van der Waals surface area contributed by atoms with Gasteiger partial charge in [0.2, 0.25) is 5.91 Å². The van der Waals surface area contributed by atoms with Crippen molar-refractivity contribution in [2.75, 3.05) is 26.2 Å². The van der Waals surface area contributed by atoms with E-state index in [0.29, 0.717) is 5.92 Å². The molecule has 0 radical (unpaired) electrons. The van der Waals surface area contributed by atoms with E-state index in [4.69, 9.17) is 0 Å². The van der Waals surface area contributed by atoms with Crippen LogP contribution in [-0.4, -0.2) is 37.0 Å². The summed E-state index contributed by atoms with van der Waals surface area (Å²) in [5.41, 5.74) is 1.15. The molecule has 2 rings (SSSR count). The van der Waals surface area contributed by atoms with Gasteiger partial charge in [0, 0.05) is 6.54 Å². The van der Waals surface area contributed by atoms with Crippen LogP contribution in [0.2, 0.25) is 0 Å². The van der Waals surface area contributed by atoms with Crippen LogP contribution >= 0.6 is 0 Å². The highest BCUT2D eigenvalue weighted by molar-refractivity contribution is 5.83. The van der Waals surface area contributed by atoms with E-state index in [1.165, 1.54) is 32.4 Å². The van der Waals surface area contributed by atoms with Gasteiger partial charge in [-0.25, -0.2) is 0 Å². The van der Waals surface area contributed by atoms with E-state index >= 15 is 0 Å². The van der Waals surface area contributed by atoms with E-state index in [1.807, 2.05) is 18.2 Å². The number of rotatable bonds is 9. The Kier molecular flexibility index (Phi) is 8.31. The lowest BCUT2D eigenvalue weighted by Gasteiger charge is -2.26. The van der Waals surface area contributed by atoms with E-state index in [2.05, 4.69) is 36.2 Å². The number of amides is 1. The number of carbonyl (C=O) groups is 1. The summed E-state index contributed by atoms with van der Waals surface area (Å²) in [4.78, 5) is 15.2. The molecule has 1 aliphatic rings. The largest absolute Gasteiger partial charge is 0.356 e. The van der Waals surface area contributed by atoms with Gasteiger partial charge in [0.1, 0.15) is 0 Å². The predicted octanol–water partition coefficient (Wildman–Crippen LogP) is 4.20. The quantitative estimate of drug-likeness (QED) is 0.688. The first-order valence-electron chi connectivity index (χ1n) is 9.72. The Bertz CT molecular complexity index is 466. The maximum Gasteiger partial charge on any atom is 0.227 e. The molecule has 0 saturated carbocycles. The van der Waals surface area contributed by atoms with Gasteiger partial charge in [0.15, 0.2) is 0 Å². The number of hydrogen-bond acceptors (Lipinski definition) is 2. The maximum atomic E-state index is 12.7. The van der Waals surface area contributed by atoms with Crippen molar-refractivity contribution in [3.63, 3.8) is 0 Å². The lowest BCUT2D eigenvalue weighted by atomic mass is 9.90. The van der Waals surface area contributed by atoms with Crippen LogP contribution in [-0.2, 0) is 4.79 Å². The molecule has 1 fully saturated rings. The van der Waals surface area contributed by atoms with Crippen LogP contribution in [0.25, 0.3) is 0 Å². The molecule has 134 valence electrons. The number of piperidine rings is 1. The first-order chi connectivity index (χ1) is 11.7. The Labute approximate surface area is 147 Å². The second kappa shape index (κ2) is 10.5. The fourth-order valence-corrected chi connectivity index (χ4v) is 3.45. The van der Waals surface area contributed by atoms with E-state index in [1.54, 1.807) is 0 Å². The molecule has 3 heteroatoms. The third-order valence-electron chi connectivity index (χ3n) is 4.95. The molecule has 3 nitrogen and oxygen atoms in total. The van der Waals surface area contributed by atoms with Crippen LogP contribution in [0.15, 0.2) is 30.3 Å². The smallest absolute Gasteiger partial charge is 0.227 e. The molecule has 1 unspecified atom stereocenters. The van der Waals surface area contributed by atoms with E-state index in [9.17, 15) is 4.79 Å². The lowest BCUT2D eigenvalue weighted by molar-refractivity contribution is -0.122. The third kappa shape index (κ3) is 6.64. The Morgan fingerprint density at radius 3 is 2.46 bits per heavy atom. The molecule has 0 aliphatic carbocycles. The summed E-state index contributed by atoms with van der Waals surface area (Å²) >= 11 is 0. The molecule has 1 N–H and O–H groups in total. The van der Waals surface area contributed by atoms with Crippen LogP contribution in [0.4, 0.5) is 0 Å². The molecule has 0 aromatic heterocycles. The standard InChI is InChI=1S/C21H34N2O/c1-18(2)12-13-20(19-10-5-3-6-11-19)21(24)22-14-9-17-23-15-7-4-8-16-23/h3,5-6,10-11,18,20H,4,7-9,12-17H2,1-2H3,(H,22,24). The average Bonchev–Trinajstić information content (AvgIpc) is 2.60. The van der Waals surface area contributed by atoms with Gasteiger partial charge in [-0.1, -0.05) is 50.6 Å². The fourth-order valence-electron chi connectivity index (χ4n) is 3.45. The summed E-state index contributed by atoms with van der Waals surface area (Å²) in [5, 5.41) is 3.18. The number of hydrogen-bond donors (Lipinski definition) is 1. The Balaban J connectivity index is 1.78. The fraction of sp³-hybridized carbons (Fsp3) is 0.667. The van der Waals surface area contributed by atoms with Crippen molar-refractivity contribution in [2.24, 2.45) is 5.92 Å². The van der Waals surface area contributed by atoms with Gasteiger partial charge in [-0.15, -0.1) is 0 Å². The number of nitrogens with zero attached hydrogens (tertiary/aromatic N) is 1. The Morgan fingerprint density at radius 1 is 1.08 bits per heavy atom. The van der Waals surface area contributed by atoms with Gasteiger partial charge in [-0.05, 0) is 63.2 Å².